The first-order valence-electron chi connectivity index (χ1n) is 9.32. The van der Waals surface area contributed by atoms with Gasteiger partial charge in [-0.25, -0.2) is 9.48 Å². The second kappa shape index (κ2) is 7.68. The Bertz CT molecular complexity index is 1130. The zero-order valence-corrected chi connectivity index (χ0v) is 16.4. The average Bonchev–Trinajstić information content (AvgIpc) is 2.88. The van der Waals surface area contributed by atoms with Gasteiger partial charge in [0, 0.05) is 17.7 Å². The molecule has 0 amide bonds. The SMILES string of the molecule is O=C(O)c1cccc(-n2nc(-c3cc(C(F)(F)F)ccc3Cl)c3c2NCCCC3)c1. The lowest BCUT2D eigenvalue weighted by Crippen LogP contribution is -2.08. The number of aromatic carboxylic acids is 1. The van der Waals surface area contributed by atoms with Crippen LogP contribution in [0.1, 0.15) is 34.3 Å². The molecular weight excluding hydrogens is 419 g/mol. The highest BCUT2D eigenvalue weighted by Gasteiger charge is 2.32. The Labute approximate surface area is 175 Å². The molecule has 2 heterocycles. The Morgan fingerprint density at radius 1 is 1.17 bits per heavy atom. The number of nitrogens with one attached hydrogen (secondary N) is 1. The van der Waals surface area contributed by atoms with Crippen LogP contribution in [0, 0.1) is 0 Å². The summed E-state index contributed by atoms with van der Waals surface area (Å²) in [5.41, 5.74) is 1.09. The van der Waals surface area contributed by atoms with Crippen LogP contribution < -0.4 is 5.32 Å². The van der Waals surface area contributed by atoms with Gasteiger partial charge in [-0.05, 0) is 55.7 Å². The molecule has 3 aromatic rings. The van der Waals surface area contributed by atoms with E-state index in [4.69, 9.17) is 11.6 Å². The van der Waals surface area contributed by atoms with E-state index in [2.05, 4.69) is 10.4 Å². The lowest BCUT2D eigenvalue weighted by atomic mass is 10.0. The summed E-state index contributed by atoms with van der Waals surface area (Å²) in [6.45, 7) is 0.674. The molecule has 2 aromatic carbocycles. The summed E-state index contributed by atoms with van der Waals surface area (Å²) in [5.74, 6) is -0.442. The molecule has 1 aromatic heterocycles. The first-order valence-corrected chi connectivity index (χ1v) is 9.70. The maximum Gasteiger partial charge on any atom is 0.416 e. The van der Waals surface area contributed by atoms with E-state index in [1.165, 1.54) is 18.2 Å². The smallest absolute Gasteiger partial charge is 0.416 e. The number of alkyl halides is 3. The molecule has 0 saturated heterocycles. The van der Waals surface area contributed by atoms with Crippen LogP contribution in [0.15, 0.2) is 42.5 Å². The largest absolute Gasteiger partial charge is 0.478 e. The first kappa shape index (κ1) is 20.3. The maximum absolute atomic E-state index is 13.3. The third-order valence-electron chi connectivity index (χ3n) is 5.02. The van der Waals surface area contributed by atoms with Crippen LogP contribution in [0.25, 0.3) is 16.9 Å². The number of benzene rings is 2. The van der Waals surface area contributed by atoms with Gasteiger partial charge in [0.25, 0.3) is 0 Å². The Morgan fingerprint density at radius 3 is 2.70 bits per heavy atom. The van der Waals surface area contributed by atoms with Crippen LogP contribution in [-0.4, -0.2) is 27.4 Å². The van der Waals surface area contributed by atoms with Gasteiger partial charge in [0.1, 0.15) is 5.82 Å². The highest BCUT2D eigenvalue weighted by atomic mass is 35.5. The number of rotatable bonds is 3. The maximum atomic E-state index is 13.3. The van der Waals surface area contributed by atoms with Crippen molar-refractivity contribution in [2.24, 2.45) is 0 Å². The molecule has 2 N–H and O–H groups in total. The second-order valence-corrected chi connectivity index (χ2v) is 7.43. The summed E-state index contributed by atoms with van der Waals surface area (Å²) in [6, 6.07) is 9.40. The minimum absolute atomic E-state index is 0.0871. The van der Waals surface area contributed by atoms with Crippen molar-refractivity contribution in [3.63, 3.8) is 0 Å². The molecule has 0 aliphatic carbocycles. The number of hydrogen-bond donors (Lipinski definition) is 2. The topological polar surface area (TPSA) is 67.1 Å². The molecule has 1 aliphatic heterocycles. The normalized spacial score (nSPS) is 14.0. The fourth-order valence-corrected chi connectivity index (χ4v) is 3.77. The molecule has 4 rings (SSSR count). The van der Waals surface area contributed by atoms with E-state index in [1.807, 2.05) is 0 Å². The summed E-state index contributed by atoms with van der Waals surface area (Å²) < 4.78 is 41.4. The minimum Gasteiger partial charge on any atom is -0.478 e. The zero-order chi connectivity index (χ0) is 21.5. The van der Waals surface area contributed by atoms with Crippen LogP contribution in [0.2, 0.25) is 5.02 Å². The molecule has 0 bridgehead atoms. The van der Waals surface area contributed by atoms with Gasteiger partial charge in [0.05, 0.1) is 27.5 Å². The van der Waals surface area contributed by atoms with E-state index >= 15 is 0 Å². The van der Waals surface area contributed by atoms with Gasteiger partial charge >= 0.3 is 12.1 Å². The summed E-state index contributed by atoms with van der Waals surface area (Å²) >= 11 is 6.27. The Morgan fingerprint density at radius 2 is 1.97 bits per heavy atom. The monoisotopic (exact) mass is 435 g/mol. The fraction of sp³-hybridized carbons (Fsp3) is 0.238. The van der Waals surface area contributed by atoms with Gasteiger partial charge in [0.2, 0.25) is 0 Å². The van der Waals surface area contributed by atoms with E-state index in [-0.39, 0.29) is 16.1 Å². The number of aromatic nitrogens is 2. The van der Waals surface area contributed by atoms with Gasteiger partial charge in [-0.2, -0.15) is 18.3 Å². The van der Waals surface area contributed by atoms with E-state index in [9.17, 15) is 23.1 Å². The number of carbonyl (C=O) groups is 1. The fourth-order valence-electron chi connectivity index (χ4n) is 3.56. The number of hydrogen-bond acceptors (Lipinski definition) is 3. The predicted octanol–water partition coefficient (Wildman–Crippen LogP) is 5.66. The van der Waals surface area contributed by atoms with Crippen molar-refractivity contribution in [2.75, 3.05) is 11.9 Å². The summed E-state index contributed by atoms with van der Waals surface area (Å²) in [7, 11) is 0. The molecule has 156 valence electrons. The molecule has 1 aliphatic rings. The molecule has 0 saturated carbocycles. The molecule has 0 spiro atoms. The Kier molecular flexibility index (Phi) is 5.19. The molecule has 5 nitrogen and oxygen atoms in total. The predicted molar refractivity (Wildman–Crippen MR) is 107 cm³/mol. The molecule has 30 heavy (non-hydrogen) atoms. The van der Waals surface area contributed by atoms with Gasteiger partial charge in [-0.1, -0.05) is 17.7 Å². The quantitative estimate of drug-likeness (QED) is 0.557. The highest BCUT2D eigenvalue weighted by Crippen LogP contribution is 2.40. The van der Waals surface area contributed by atoms with Gasteiger partial charge in [0.15, 0.2) is 0 Å². The first-order chi connectivity index (χ1) is 14.3. The Balaban J connectivity index is 1.93. The zero-order valence-electron chi connectivity index (χ0n) is 15.6. The van der Waals surface area contributed by atoms with Gasteiger partial charge in [-0.15, -0.1) is 0 Å². The van der Waals surface area contributed by atoms with Crippen molar-refractivity contribution in [3.05, 3.63) is 64.2 Å². The van der Waals surface area contributed by atoms with E-state index in [0.717, 1.165) is 30.5 Å². The number of halogens is 4. The van der Waals surface area contributed by atoms with Crippen molar-refractivity contribution in [3.8, 4) is 16.9 Å². The van der Waals surface area contributed by atoms with Crippen LogP contribution in [0.5, 0.6) is 0 Å². The van der Waals surface area contributed by atoms with Gasteiger partial charge in [-0.3, -0.25) is 0 Å². The van der Waals surface area contributed by atoms with E-state index in [1.54, 1.807) is 16.8 Å². The molecule has 0 unspecified atom stereocenters. The second-order valence-electron chi connectivity index (χ2n) is 7.02. The van der Waals surface area contributed by atoms with Crippen molar-refractivity contribution >= 4 is 23.4 Å². The van der Waals surface area contributed by atoms with Crippen molar-refractivity contribution in [1.29, 1.82) is 0 Å². The molecule has 0 radical (unpaired) electrons. The standard InChI is InChI=1S/C21H17ClF3N3O2/c22-17-8-7-13(21(23,24)25)11-16(17)18-15-6-1-2-9-26-19(15)28(27-18)14-5-3-4-12(10-14)20(29)30/h3-5,7-8,10-11,26H,1-2,6,9H2,(H,29,30). The lowest BCUT2D eigenvalue weighted by Gasteiger charge is -2.10. The highest BCUT2D eigenvalue weighted by molar-refractivity contribution is 6.33. The molecule has 9 heteroatoms. The average molecular weight is 436 g/mol. The summed E-state index contributed by atoms with van der Waals surface area (Å²) in [5, 5.41) is 17.3. The summed E-state index contributed by atoms with van der Waals surface area (Å²) in [4.78, 5) is 11.4. The van der Waals surface area contributed by atoms with Crippen LogP contribution in [0.4, 0.5) is 19.0 Å². The number of fused-ring (bicyclic) bond motifs is 1. The van der Waals surface area contributed by atoms with E-state index in [0.29, 0.717) is 30.2 Å². The lowest BCUT2D eigenvalue weighted by molar-refractivity contribution is -0.137. The number of anilines is 1. The summed E-state index contributed by atoms with van der Waals surface area (Å²) in [6.07, 6.45) is -2.17. The number of nitrogens with zero attached hydrogens (tertiary/aromatic N) is 2. The third kappa shape index (κ3) is 3.75. The Hall–Kier alpha value is -3.00. The minimum atomic E-state index is -4.51. The van der Waals surface area contributed by atoms with Crippen LogP contribution in [-0.2, 0) is 12.6 Å². The van der Waals surface area contributed by atoms with Gasteiger partial charge < -0.3 is 10.4 Å². The molecule has 0 fully saturated rings. The molecule has 0 atom stereocenters. The van der Waals surface area contributed by atoms with Crippen LogP contribution >= 0.6 is 11.6 Å². The number of carboxylic acids is 1. The van der Waals surface area contributed by atoms with E-state index < -0.39 is 17.7 Å². The van der Waals surface area contributed by atoms with Crippen molar-refractivity contribution in [2.45, 2.75) is 25.4 Å². The number of carboxylic acid groups (broad SMARTS) is 1. The van der Waals surface area contributed by atoms with Crippen LogP contribution in [0.3, 0.4) is 0 Å². The van der Waals surface area contributed by atoms with Crippen molar-refractivity contribution in [1.82, 2.24) is 9.78 Å². The third-order valence-corrected chi connectivity index (χ3v) is 5.35. The van der Waals surface area contributed by atoms with Crippen molar-refractivity contribution < 1.29 is 23.1 Å². The molecular formula is C21H17ClF3N3O2.